The molecule has 0 unspecified atom stereocenters. The highest BCUT2D eigenvalue weighted by Gasteiger charge is 2.20. The summed E-state index contributed by atoms with van der Waals surface area (Å²) >= 11 is 5.39. The Morgan fingerprint density at radius 3 is 2.60 bits per heavy atom. The second kappa shape index (κ2) is 6.31. The third kappa shape index (κ3) is 3.64. The molecule has 4 nitrogen and oxygen atoms in total. The number of hydrogen-bond donors (Lipinski definition) is 1. The molecule has 0 radical (unpaired) electrons. The molecule has 0 saturated heterocycles. The van der Waals surface area contributed by atoms with Gasteiger partial charge in [0.1, 0.15) is 10.6 Å². The second-order valence-electron chi connectivity index (χ2n) is 3.91. The predicted octanol–water partition coefficient (Wildman–Crippen LogP) is 3.86. The van der Waals surface area contributed by atoms with Crippen molar-refractivity contribution in [3.8, 4) is 5.75 Å². The van der Waals surface area contributed by atoms with E-state index in [4.69, 9.17) is 4.74 Å². The third-order valence-corrected chi connectivity index (χ3v) is 5.06. The van der Waals surface area contributed by atoms with Gasteiger partial charge in [0.25, 0.3) is 10.0 Å². The van der Waals surface area contributed by atoms with Crippen LogP contribution in [-0.4, -0.2) is 15.5 Å². The van der Waals surface area contributed by atoms with E-state index in [1.54, 1.807) is 30.3 Å². The van der Waals surface area contributed by atoms with Gasteiger partial charge in [0, 0.05) is 13.7 Å². The molecule has 0 amide bonds. The first-order valence-corrected chi connectivity index (χ1v) is 8.90. The van der Waals surface area contributed by atoms with Crippen molar-refractivity contribution < 1.29 is 13.2 Å². The lowest BCUT2D eigenvalue weighted by atomic mass is 10.3. The van der Waals surface area contributed by atoms with E-state index in [1.165, 1.54) is 13.2 Å². The number of hydrogen-bond acceptors (Lipinski definition) is 3. The Morgan fingerprint density at radius 1 is 1.20 bits per heavy atom. The topological polar surface area (TPSA) is 55.4 Å². The maximum Gasteiger partial charge on any atom is 0.265 e. The molecule has 0 atom stereocenters. The quantitative estimate of drug-likeness (QED) is 0.694. The molecule has 2 aromatic rings. The third-order valence-electron chi connectivity index (χ3n) is 2.49. The summed E-state index contributed by atoms with van der Waals surface area (Å²) in [5.74, 6) is 0.298. The molecule has 2 aromatic carbocycles. The molecule has 0 aliphatic rings. The van der Waals surface area contributed by atoms with Crippen LogP contribution in [0.4, 0.5) is 5.69 Å². The lowest BCUT2D eigenvalue weighted by Crippen LogP contribution is -2.14. The van der Waals surface area contributed by atoms with Crippen molar-refractivity contribution in [1.82, 2.24) is 0 Å². The molecule has 2 rings (SSSR count). The summed E-state index contributed by atoms with van der Waals surface area (Å²) in [6.45, 7) is 0. The molecule has 0 fully saturated rings. The molecular formula is C13H11BrINO3S. The van der Waals surface area contributed by atoms with Gasteiger partial charge in [-0.2, -0.15) is 0 Å². The Morgan fingerprint density at radius 2 is 1.95 bits per heavy atom. The number of benzene rings is 2. The molecule has 0 aliphatic heterocycles. The highest BCUT2D eigenvalue weighted by Crippen LogP contribution is 2.29. The van der Waals surface area contributed by atoms with E-state index in [1.807, 2.05) is 6.07 Å². The van der Waals surface area contributed by atoms with Gasteiger partial charge in [-0.15, -0.1) is 0 Å². The van der Waals surface area contributed by atoms with Gasteiger partial charge in [0.2, 0.25) is 0 Å². The fourth-order valence-electron chi connectivity index (χ4n) is 1.62. The van der Waals surface area contributed by atoms with Gasteiger partial charge in [-0.25, -0.2) is 8.42 Å². The molecule has 1 N–H and O–H groups in total. The zero-order valence-corrected chi connectivity index (χ0v) is 15.0. The van der Waals surface area contributed by atoms with Crippen molar-refractivity contribution in [3.05, 3.63) is 50.5 Å². The van der Waals surface area contributed by atoms with Crippen LogP contribution in [0.2, 0.25) is 0 Å². The lowest BCUT2D eigenvalue weighted by molar-refractivity contribution is 0.403. The van der Waals surface area contributed by atoms with Crippen molar-refractivity contribution in [1.29, 1.82) is 0 Å². The van der Waals surface area contributed by atoms with Gasteiger partial charge in [0.15, 0.2) is 0 Å². The number of anilines is 1. The minimum Gasteiger partial charge on any atom is -0.495 e. The van der Waals surface area contributed by atoms with E-state index in [9.17, 15) is 8.42 Å². The number of nitrogens with one attached hydrogen (secondary N) is 1. The number of sulfonamides is 1. The molecule has 0 aromatic heterocycles. The van der Waals surface area contributed by atoms with Gasteiger partial charge >= 0.3 is 0 Å². The largest absolute Gasteiger partial charge is 0.495 e. The first kappa shape index (κ1) is 15.6. The molecule has 0 saturated carbocycles. The summed E-state index contributed by atoms with van der Waals surface area (Å²) in [5.41, 5.74) is 0.513. The Hall–Kier alpha value is -0.800. The molecule has 20 heavy (non-hydrogen) atoms. The predicted molar refractivity (Wildman–Crippen MR) is 90.7 cm³/mol. The van der Waals surface area contributed by atoms with E-state index in [0.29, 0.717) is 15.9 Å². The smallest absolute Gasteiger partial charge is 0.265 e. The summed E-state index contributed by atoms with van der Waals surface area (Å²) in [6, 6.07) is 12.0. The Bertz CT molecular complexity index is 734. The maximum absolute atomic E-state index is 12.4. The van der Waals surface area contributed by atoms with Gasteiger partial charge in [-0.3, -0.25) is 4.72 Å². The molecule has 0 heterocycles. The van der Waals surface area contributed by atoms with Crippen molar-refractivity contribution in [2.75, 3.05) is 11.8 Å². The van der Waals surface area contributed by atoms with Crippen LogP contribution >= 0.6 is 38.5 Å². The number of halogens is 2. The van der Waals surface area contributed by atoms with E-state index >= 15 is 0 Å². The average Bonchev–Trinajstić information content (AvgIpc) is 2.38. The SMILES string of the molecule is COc1ccc(Br)cc1S(=O)(=O)Nc1cccc(I)c1. The molecule has 0 spiro atoms. The normalized spacial score (nSPS) is 11.2. The minimum absolute atomic E-state index is 0.0910. The van der Waals surface area contributed by atoms with E-state index in [0.717, 1.165) is 3.57 Å². The van der Waals surface area contributed by atoms with E-state index in [-0.39, 0.29) is 4.90 Å². The molecule has 0 aliphatic carbocycles. The zero-order valence-electron chi connectivity index (χ0n) is 10.4. The highest BCUT2D eigenvalue weighted by atomic mass is 127. The molecule has 0 bridgehead atoms. The molecule has 106 valence electrons. The van der Waals surface area contributed by atoms with E-state index < -0.39 is 10.0 Å². The van der Waals surface area contributed by atoms with Crippen LogP contribution in [0.5, 0.6) is 5.75 Å². The van der Waals surface area contributed by atoms with Crippen LogP contribution in [-0.2, 0) is 10.0 Å². The fraction of sp³-hybridized carbons (Fsp3) is 0.0769. The standard InChI is InChI=1S/C13H11BrINO3S/c1-19-12-6-5-9(14)7-13(12)20(17,18)16-11-4-2-3-10(15)8-11/h2-8,16H,1H3. The van der Waals surface area contributed by atoms with Gasteiger partial charge < -0.3 is 4.74 Å². The fourth-order valence-corrected chi connectivity index (χ4v) is 3.92. The maximum atomic E-state index is 12.4. The van der Waals surface area contributed by atoms with Crippen molar-refractivity contribution in [3.63, 3.8) is 0 Å². The number of rotatable bonds is 4. The minimum atomic E-state index is -3.70. The Kier molecular flexibility index (Phi) is 4.92. The van der Waals surface area contributed by atoms with Crippen molar-refractivity contribution in [2.45, 2.75) is 4.90 Å². The van der Waals surface area contributed by atoms with E-state index in [2.05, 4.69) is 43.2 Å². The molecule has 7 heteroatoms. The molecular weight excluding hydrogens is 457 g/mol. The van der Waals surface area contributed by atoms with Gasteiger partial charge in [-0.1, -0.05) is 22.0 Å². The second-order valence-corrected chi connectivity index (χ2v) is 7.72. The summed E-state index contributed by atoms with van der Waals surface area (Å²) in [7, 11) is -2.27. The number of methoxy groups -OCH3 is 1. The summed E-state index contributed by atoms with van der Waals surface area (Å²) in [6.07, 6.45) is 0. The Labute approximate surface area is 139 Å². The summed E-state index contributed by atoms with van der Waals surface area (Å²) in [5, 5.41) is 0. The first-order chi connectivity index (χ1) is 9.42. The lowest BCUT2D eigenvalue weighted by Gasteiger charge is -2.12. The first-order valence-electron chi connectivity index (χ1n) is 5.54. The average molecular weight is 468 g/mol. The number of ether oxygens (including phenoxy) is 1. The van der Waals surface area contributed by atoms with Crippen LogP contribution in [0.1, 0.15) is 0 Å². The van der Waals surface area contributed by atoms with Crippen LogP contribution < -0.4 is 9.46 Å². The van der Waals surface area contributed by atoms with Gasteiger partial charge in [-0.05, 0) is 59.0 Å². The highest BCUT2D eigenvalue weighted by molar-refractivity contribution is 14.1. The van der Waals surface area contributed by atoms with Crippen LogP contribution in [0, 0.1) is 3.57 Å². The zero-order chi connectivity index (χ0) is 14.8. The Balaban J connectivity index is 2.43. The van der Waals surface area contributed by atoms with Crippen LogP contribution in [0.3, 0.4) is 0 Å². The van der Waals surface area contributed by atoms with Crippen molar-refractivity contribution in [2.24, 2.45) is 0 Å². The monoisotopic (exact) mass is 467 g/mol. The summed E-state index contributed by atoms with van der Waals surface area (Å²) in [4.78, 5) is 0.0910. The van der Waals surface area contributed by atoms with Gasteiger partial charge in [0.05, 0.1) is 7.11 Å². The van der Waals surface area contributed by atoms with Crippen LogP contribution in [0.25, 0.3) is 0 Å². The van der Waals surface area contributed by atoms with Crippen LogP contribution in [0.15, 0.2) is 51.8 Å². The van der Waals surface area contributed by atoms with Crippen molar-refractivity contribution >= 4 is 54.2 Å². The summed E-state index contributed by atoms with van der Waals surface area (Å²) < 4.78 is 34.1.